The molecule has 0 aliphatic heterocycles. The monoisotopic (exact) mass is 915 g/mol. The Kier molecular flexibility index (Phi) is 45.0. The highest BCUT2D eigenvalue weighted by molar-refractivity contribution is 7.47. The van der Waals surface area contributed by atoms with Gasteiger partial charge < -0.3 is 18.9 Å². The quantitative estimate of drug-likeness (QED) is 0.0214. The largest absolute Gasteiger partial charge is 0.472 e. The number of ether oxygens (including phenoxy) is 2. The van der Waals surface area contributed by atoms with E-state index in [1.54, 1.807) is 0 Å². The molecule has 0 saturated heterocycles. The molecule has 0 bridgehead atoms. The number of carbonyl (C=O) groups is 1. The zero-order chi connectivity index (χ0) is 46.9. The molecule has 2 unspecified atom stereocenters. The van der Waals surface area contributed by atoms with E-state index in [9.17, 15) is 14.3 Å². The van der Waals surface area contributed by atoms with Crippen LogP contribution < -0.4 is 0 Å². The number of unbranched alkanes of at least 4 members (excludes halogenated alkanes) is 16. The average molecular weight is 915 g/mol. The van der Waals surface area contributed by atoms with Crippen molar-refractivity contribution in [3.8, 4) is 0 Å². The summed E-state index contributed by atoms with van der Waals surface area (Å²) in [5.41, 5.74) is 0. The summed E-state index contributed by atoms with van der Waals surface area (Å²) in [6.07, 6.45) is 64.6. The van der Waals surface area contributed by atoms with Gasteiger partial charge in [0.1, 0.15) is 19.3 Å². The number of allylic oxidation sites excluding steroid dienone is 16. The highest BCUT2D eigenvalue weighted by atomic mass is 31.2. The minimum absolute atomic E-state index is 0.0739. The van der Waals surface area contributed by atoms with Crippen molar-refractivity contribution in [2.24, 2.45) is 0 Å². The minimum Gasteiger partial charge on any atom is -0.457 e. The lowest BCUT2D eigenvalue weighted by molar-refractivity contribution is -0.870. The molecule has 0 aromatic rings. The van der Waals surface area contributed by atoms with Gasteiger partial charge in [-0.25, -0.2) is 4.57 Å². The Bertz CT molecular complexity index is 1340. The van der Waals surface area contributed by atoms with Crippen molar-refractivity contribution in [2.75, 3.05) is 54.1 Å². The first-order chi connectivity index (χ1) is 31.1. The molecular weight excluding hydrogens is 818 g/mol. The molecule has 368 valence electrons. The number of phosphoric ester groups is 1. The molecule has 0 rings (SSSR count). The predicted octanol–water partition coefficient (Wildman–Crippen LogP) is 15.8. The normalized spacial score (nSPS) is 14.4. The highest BCUT2D eigenvalue weighted by Crippen LogP contribution is 2.43. The molecule has 0 fully saturated rings. The van der Waals surface area contributed by atoms with E-state index in [-0.39, 0.29) is 25.8 Å². The predicted molar refractivity (Wildman–Crippen MR) is 274 cm³/mol. The number of nitrogens with zero attached hydrogens (tertiary/aromatic N) is 1. The van der Waals surface area contributed by atoms with E-state index < -0.39 is 13.9 Å². The summed E-state index contributed by atoms with van der Waals surface area (Å²) < 4.78 is 35.1. The minimum atomic E-state index is -4.30. The van der Waals surface area contributed by atoms with E-state index in [2.05, 4.69) is 111 Å². The van der Waals surface area contributed by atoms with Crippen LogP contribution in [0.25, 0.3) is 0 Å². The Morgan fingerprint density at radius 3 is 1.38 bits per heavy atom. The summed E-state index contributed by atoms with van der Waals surface area (Å²) in [7, 11) is 1.62. The van der Waals surface area contributed by atoms with Crippen LogP contribution in [0.1, 0.15) is 187 Å². The first kappa shape index (κ1) is 61.4. The summed E-state index contributed by atoms with van der Waals surface area (Å²) in [6, 6.07) is 0. The van der Waals surface area contributed by atoms with Gasteiger partial charge in [-0.05, 0) is 96.3 Å². The second kappa shape index (κ2) is 46.9. The van der Waals surface area contributed by atoms with E-state index in [1.165, 1.54) is 83.5 Å². The second-order valence-electron chi connectivity index (χ2n) is 17.8. The molecule has 0 aliphatic rings. The maximum atomic E-state index is 12.8. The average Bonchev–Trinajstić information content (AvgIpc) is 3.25. The van der Waals surface area contributed by atoms with Gasteiger partial charge in [-0.15, -0.1) is 0 Å². The van der Waals surface area contributed by atoms with Crippen LogP contribution in [0.2, 0.25) is 0 Å². The lowest BCUT2D eigenvalue weighted by Gasteiger charge is -2.24. The number of phosphoric acid groups is 1. The van der Waals surface area contributed by atoms with Gasteiger partial charge in [0.25, 0.3) is 0 Å². The zero-order valence-corrected chi connectivity index (χ0v) is 42.6. The van der Waals surface area contributed by atoms with Crippen molar-refractivity contribution in [1.82, 2.24) is 0 Å². The molecular formula is C55H97NO7P+. The van der Waals surface area contributed by atoms with Gasteiger partial charge in [-0.3, -0.25) is 13.8 Å². The van der Waals surface area contributed by atoms with Crippen molar-refractivity contribution < 1.29 is 37.3 Å². The number of carbonyl (C=O) groups excluding carboxylic acids is 1. The molecule has 0 aromatic carbocycles. The van der Waals surface area contributed by atoms with Gasteiger partial charge in [0.15, 0.2) is 0 Å². The third-order valence-electron chi connectivity index (χ3n) is 10.4. The fraction of sp³-hybridized carbons (Fsp3) is 0.691. The molecule has 0 spiro atoms. The molecule has 2 atom stereocenters. The molecule has 1 N–H and O–H groups in total. The number of hydrogen-bond acceptors (Lipinski definition) is 6. The maximum absolute atomic E-state index is 12.8. The van der Waals surface area contributed by atoms with Crippen molar-refractivity contribution in [3.63, 3.8) is 0 Å². The van der Waals surface area contributed by atoms with Crippen LogP contribution >= 0.6 is 7.82 Å². The van der Waals surface area contributed by atoms with Crippen LogP contribution in [-0.4, -0.2) is 75.6 Å². The molecule has 8 nitrogen and oxygen atoms in total. The van der Waals surface area contributed by atoms with Gasteiger partial charge in [0, 0.05) is 13.0 Å². The maximum Gasteiger partial charge on any atom is 0.472 e. The number of hydrogen-bond donors (Lipinski definition) is 1. The smallest absolute Gasteiger partial charge is 0.457 e. The van der Waals surface area contributed by atoms with Crippen LogP contribution in [0.4, 0.5) is 0 Å². The van der Waals surface area contributed by atoms with Crippen LogP contribution in [0, 0.1) is 0 Å². The first-order valence-electron chi connectivity index (χ1n) is 25.5. The Labute approximate surface area is 394 Å². The van der Waals surface area contributed by atoms with Crippen molar-refractivity contribution in [2.45, 2.75) is 193 Å². The van der Waals surface area contributed by atoms with E-state index in [0.717, 1.165) is 83.5 Å². The Morgan fingerprint density at radius 1 is 0.500 bits per heavy atom. The van der Waals surface area contributed by atoms with Crippen molar-refractivity contribution >= 4 is 13.8 Å². The summed E-state index contributed by atoms with van der Waals surface area (Å²) in [6.45, 7) is 5.37. The fourth-order valence-corrected chi connectivity index (χ4v) is 7.21. The van der Waals surface area contributed by atoms with Gasteiger partial charge in [-0.2, -0.15) is 0 Å². The Balaban J connectivity index is 4.28. The van der Waals surface area contributed by atoms with Gasteiger partial charge in [-0.1, -0.05) is 182 Å². The van der Waals surface area contributed by atoms with E-state index in [1.807, 2.05) is 21.1 Å². The van der Waals surface area contributed by atoms with Crippen LogP contribution in [0.3, 0.4) is 0 Å². The van der Waals surface area contributed by atoms with Crippen molar-refractivity contribution in [3.05, 3.63) is 97.2 Å². The van der Waals surface area contributed by atoms with E-state index in [0.29, 0.717) is 24.1 Å². The number of likely N-dealkylation sites (N-methyl/N-ethyl adjacent to an activating group) is 1. The van der Waals surface area contributed by atoms with Gasteiger partial charge >= 0.3 is 13.8 Å². The lowest BCUT2D eigenvalue weighted by Crippen LogP contribution is -2.37. The third kappa shape index (κ3) is 50.4. The Morgan fingerprint density at radius 2 is 0.906 bits per heavy atom. The van der Waals surface area contributed by atoms with Crippen LogP contribution in [0.5, 0.6) is 0 Å². The molecule has 9 heteroatoms. The molecule has 0 heterocycles. The standard InChI is InChI=1S/C55H96NO7P/c1-6-8-10-12-14-16-18-20-22-24-26-27-28-29-30-31-33-35-37-39-41-43-45-47-50-60-52-54(53-62-64(58,59)61-51-49-56(3,4)5)63-55(57)48-46-44-42-40-38-36-34-32-25-23-21-19-17-15-13-11-9-7-2/h8,10,14,16,20,22-23,25-27,29-30,33,35,39,41,54H,6-7,9,11-13,15,17-19,21,24,28,31-32,34,36-38,40,42-53H2,1-5H3/p+1/b10-8-,16-14-,22-20-,25-23-,27-26-,30-29-,35-33-,41-39-. The van der Waals surface area contributed by atoms with Crippen molar-refractivity contribution in [1.29, 1.82) is 0 Å². The highest BCUT2D eigenvalue weighted by Gasteiger charge is 2.26. The van der Waals surface area contributed by atoms with Gasteiger partial charge in [0.05, 0.1) is 34.4 Å². The lowest BCUT2D eigenvalue weighted by atomic mass is 10.1. The number of esters is 1. The number of rotatable bonds is 46. The van der Waals surface area contributed by atoms with Crippen LogP contribution in [-0.2, 0) is 27.9 Å². The Hall–Kier alpha value is -2.58. The molecule has 0 radical (unpaired) electrons. The molecule has 0 aromatic heterocycles. The molecule has 64 heavy (non-hydrogen) atoms. The third-order valence-corrected chi connectivity index (χ3v) is 11.4. The van der Waals surface area contributed by atoms with E-state index >= 15 is 0 Å². The summed E-state index contributed by atoms with van der Waals surface area (Å²) in [4.78, 5) is 23.0. The molecule has 0 saturated carbocycles. The SMILES string of the molecule is CC/C=C\C/C=C\C/C=C\C/C=C\C/C=C\C/C=C\C/C=C\CCCCOCC(COP(=O)(O)OCC[N+](C)(C)C)OC(=O)CCCCCCCCC/C=C\CCCCCCCCC. The zero-order valence-electron chi connectivity index (χ0n) is 41.7. The summed E-state index contributed by atoms with van der Waals surface area (Å²) in [5.74, 6) is -0.337. The van der Waals surface area contributed by atoms with E-state index in [4.69, 9.17) is 18.5 Å². The topological polar surface area (TPSA) is 91.3 Å². The summed E-state index contributed by atoms with van der Waals surface area (Å²) >= 11 is 0. The fourth-order valence-electron chi connectivity index (χ4n) is 6.47. The van der Waals surface area contributed by atoms with Crippen LogP contribution in [0.15, 0.2) is 97.2 Å². The molecule has 0 aliphatic carbocycles. The van der Waals surface area contributed by atoms with Gasteiger partial charge in [0.2, 0.25) is 0 Å². The first-order valence-corrected chi connectivity index (χ1v) is 27.0. The molecule has 0 amide bonds. The number of quaternary nitrogens is 1. The summed E-state index contributed by atoms with van der Waals surface area (Å²) in [5, 5.41) is 0. The second-order valence-corrected chi connectivity index (χ2v) is 19.3.